The third-order valence-corrected chi connectivity index (χ3v) is 6.38. The predicted molar refractivity (Wildman–Crippen MR) is 105 cm³/mol. The first-order valence-corrected chi connectivity index (χ1v) is 9.69. The molecule has 1 amide bonds. The van der Waals surface area contributed by atoms with Crippen molar-refractivity contribution in [2.24, 2.45) is 11.8 Å². The van der Waals surface area contributed by atoms with Crippen LogP contribution in [0.15, 0.2) is 54.6 Å². The molecule has 2 aromatic carbocycles. The summed E-state index contributed by atoms with van der Waals surface area (Å²) in [4.78, 5) is 27.7. The zero-order valence-electron chi connectivity index (χ0n) is 16.2. The number of ketones is 1. The van der Waals surface area contributed by atoms with Crippen molar-refractivity contribution in [1.29, 1.82) is 0 Å². The van der Waals surface area contributed by atoms with Crippen LogP contribution in [0.2, 0.25) is 0 Å². The van der Waals surface area contributed by atoms with E-state index in [0.717, 1.165) is 16.9 Å². The molecule has 1 aliphatic carbocycles. The molecule has 1 saturated heterocycles. The van der Waals surface area contributed by atoms with Gasteiger partial charge in [-0.05, 0) is 35.1 Å². The number of carbonyl (C=O) groups is 2. The third-order valence-electron chi connectivity index (χ3n) is 6.38. The van der Waals surface area contributed by atoms with Gasteiger partial charge in [0, 0.05) is 25.3 Å². The van der Waals surface area contributed by atoms with Crippen LogP contribution in [-0.4, -0.2) is 34.5 Å². The zero-order valence-corrected chi connectivity index (χ0v) is 16.2. The van der Waals surface area contributed by atoms with Gasteiger partial charge in [0.25, 0.3) is 0 Å². The summed E-state index contributed by atoms with van der Waals surface area (Å²) in [6.45, 7) is 2.24. The lowest BCUT2D eigenvalue weighted by molar-refractivity contribution is -0.165. The van der Waals surface area contributed by atoms with Crippen molar-refractivity contribution in [3.63, 3.8) is 0 Å². The minimum Gasteiger partial charge on any atom is -0.497 e. The third kappa shape index (κ3) is 3.00. The van der Waals surface area contributed by atoms with Gasteiger partial charge in [0.2, 0.25) is 11.6 Å². The van der Waals surface area contributed by atoms with Crippen molar-refractivity contribution in [3.8, 4) is 5.75 Å². The summed E-state index contributed by atoms with van der Waals surface area (Å²) in [6.07, 6.45) is 0.413. The molecular formula is C23H25NO4. The van der Waals surface area contributed by atoms with E-state index in [9.17, 15) is 14.7 Å². The number of fused-ring (bicyclic) bond motifs is 2. The fraction of sp³-hybridized carbons (Fsp3) is 0.391. The molecular weight excluding hydrogens is 354 g/mol. The molecule has 2 fully saturated rings. The normalized spacial score (nSPS) is 29.7. The molecule has 1 N–H and O–H groups in total. The van der Waals surface area contributed by atoms with E-state index in [1.54, 1.807) is 7.11 Å². The number of benzene rings is 2. The first-order valence-electron chi connectivity index (χ1n) is 9.69. The Kier molecular flexibility index (Phi) is 4.71. The average Bonchev–Trinajstić information content (AvgIpc) is 2.92. The van der Waals surface area contributed by atoms with Crippen LogP contribution in [0.3, 0.4) is 0 Å². The number of hydrogen-bond donors (Lipinski definition) is 1. The van der Waals surface area contributed by atoms with Gasteiger partial charge in [-0.25, -0.2) is 0 Å². The van der Waals surface area contributed by atoms with Crippen LogP contribution < -0.4 is 4.74 Å². The molecule has 5 heteroatoms. The van der Waals surface area contributed by atoms with Gasteiger partial charge >= 0.3 is 0 Å². The molecule has 2 bridgehead atoms. The molecule has 0 unspecified atom stereocenters. The Bertz CT molecular complexity index is 879. The number of ether oxygens (including phenoxy) is 1. The monoisotopic (exact) mass is 379 g/mol. The summed E-state index contributed by atoms with van der Waals surface area (Å²) in [5.41, 5.74) is 0.183. The van der Waals surface area contributed by atoms with Crippen LogP contribution >= 0.6 is 0 Å². The summed E-state index contributed by atoms with van der Waals surface area (Å²) < 4.78 is 5.17. The SMILES string of the molecule is COc1ccc(CN2C(=O)[C@H]3C[C@]2(O)C(=O)C[C@H](c2ccccc2)[C@H]3C)cc1. The standard InChI is InChI=1S/C23H25NO4/c1-15-19(17-6-4-3-5-7-17)12-21(25)23(27)13-20(15)22(26)24(23)14-16-8-10-18(28-2)11-9-16/h3-11,15,19-20,27H,12-14H2,1-2H3/t15-,19+,20+,23+/m1/s1. The van der Waals surface area contributed by atoms with Crippen molar-refractivity contribution in [2.45, 2.75) is 38.0 Å². The van der Waals surface area contributed by atoms with E-state index >= 15 is 0 Å². The zero-order chi connectivity index (χ0) is 19.9. The van der Waals surface area contributed by atoms with Gasteiger partial charge in [-0.15, -0.1) is 0 Å². The lowest BCUT2D eigenvalue weighted by Crippen LogP contribution is -2.52. The van der Waals surface area contributed by atoms with E-state index in [0.29, 0.717) is 0 Å². The summed E-state index contributed by atoms with van der Waals surface area (Å²) >= 11 is 0. The molecule has 146 valence electrons. The maximum Gasteiger partial charge on any atom is 0.229 e. The quantitative estimate of drug-likeness (QED) is 0.886. The first-order chi connectivity index (χ1) is 13.4. The first kappa shape index (κ1) is 18.7. The Hall–Kier alpha value is -2.66. The second kappa shape index (κ2) is 7.06. The summed E-state index contributed by atoms with van der Waals surface area (Å²) in [5, 5.41) is 11.3. The van der Waals surface area contributed by atoms with E-state index in [1.807, 2.05) is 61.5 Å². The number of Topliss-reactive ketones (excluding diaryl/α,β-unsaturated/α-hetero) is 1. The van der Waals surface area contributed by atoms with Crippen LogP contribution in [0, 0.1) is 11.8 Å². The van der Waals surface area contributed by atoms with Crippen LogP contribution in [0.25, 0.3) is 0 Å². The Morgan fingerprint density at radius 3 is 2.39 bits per heavy atom. The summed E-state index contributed by atoms with van der Waals surface area (Å²) in [5.74, 6) is -0.121. The summed E-state index contributed by atoms with van der Waals surface area (Å²) in [7, 11) is 1.59. The molecule has 0 spiro atoms. The number of hydrogen-bond acceptors (Lipinski definition) is 4. The number of methoxy groups -OCH3 is 1. The van der Waals surface area contributed by atoms with Crippen LogP contribution in [0.5, 0.6) is 5.75 Å². The largest absolute Gasteiger partial charge is 0.497 e. The Morgan fingerprint density at radius 1 is 1.07 bits per heavy atom. The summed E-state index contributed by atoms with van der Waals surface area (Å²) in [6, 6.07) is 17.2. The maximum absolute atomic E-state index is 13.2. The van der Waals surface area contributed by atoms with Crippen molar-refractivity contribution < 1.29 is 19.4 Å². The van der Waals surface area contributed by atoms with Crippen molar-refractivity contribution >= 4 is 11.7 Å². The highest BCUT2D eigenvalue weighted by Crippen LogP contribution is 2.48. The maximum atomic E-state index is 13.2. The van der Waals surface area contributed by atoms with Gasteiger partial charge in [-0.3, -0.25) is 9.59 Å². The highest BCUT2D eigenvalue weighted by Gasteiger charge is 2.59. The molecule has 0 radical (unpaired) electrons. The van der Waals surface area contributed by atoms with Crippen molar-refractivity contribution in [1.82, 2.24) is 4.90 Å². The van der Waals surface area contributed by atoms with Crippen molar-refractivity contribution in [3.05, 3.63) is 65.7 Å². The van der Waals surface area contributed by atoms with E-state index in [2.05, 4.69) is 0 Å². The van der Waals surface area contributed by atoms with Crippen LogP contribution in [0.4, 0.5) is 0 Å². The van der Waals surface area contributed by atoms with Crippen molar-refractivity contribution in [2.75, 3.05) is 7.11 Å². The second-order valence-electron chi connectivity index (χ2n) is 7.90. The Balaban J connectivity index is 1.63. The van der Waals surface area contributed by atoms with E-state index in [-0.39, 0.29) is 48.8 Å². The van der Waals surface area contributed by atoms with Gasteiger partial charge < -0.3 is 14.7 Å². The van der Waals surface area contributed by atoms with Gasteiger partial charge in [0.1, 0.15) is 5.75 Å². The Labute approximate surface area is 164 Å². The molecule has 2 aliphatic rings. The molecule has 4 atom stereocenters. The second-order valence-corrected chi connectivity index (χ2v) is 7.90. The highest BCUT2D eigenvalue weighted by atomic mass is 16.5. The minimum atomic E-state index is -1.72. The number of nitrogens with zero attached hydrogens (tertiary/aromatic N) is 1. The highest BCUT2D eigenvalue weighted by molar-refractivity contribution is 5.97. The minimum absolute atomic E-state index is 0.0197. The van der Waals surface area contributed by atoms with E-state index < -0.39 is 5.72 Å². The number of rotatable bonds is 4. The molecule has 5 nitrogen and oxygen atoms in total. The number of likely N-dealkylation sites (tertiary alicyclic amines) is 1. The number of carbonyl (C=O) groups excluding carboxylic acids is 2. The fourth-order valence-corrected chi connectivity index (χ4v) is 4.64. The number of amides is 1. The lowest BCUT2D eigenvalue weighted by atomic mass is 9.78. The molecule has 4 rings (SSSR count). The molecule has 1 heterocycles. The fourth-order valence-electron chi connectivity index (χ4n) is 4.64. The van der Waals surface area contributed by atoms with Crippen LogP contribution in [0.1, 0.15) is 36.8 Å². The van der Waals surface area contributed by atoms with Gasteiger partial charge in [0.05, 0.1) is 7.11 Å². The van der Waals surface area contributed by atoms with E-state index in [1.165, 1.54) is 4.90 Å². The lowest BCUT2D eigenvalue weighted by Gasteiger charge is -2.35. The molecule has 1 aliphatic heterocycles. The van der Waals surface area contributed by atoms with Gasteiger partial charge in [-0.1, -0.05) is 49.4 Å². The van der Waals surface area contributed by atoms with Crippen LogP contribution in [-0.2, 0) is 16.1 Å². The molecule has 1 saturated carbocycles. The number of aliphatic hydroxyl groups is 1. The molecule has 0 aromatic heterocycles. The van der Waals surface area contributed by atoms with E-state index in [4.69, 9.17) is 4.74 Å². The topological polar surface area (TPSA) is 66.8 Å². The smallest absolute Gasteiger partial charge is 0.229 e. The average molecular weight is 379 g/mol. The molecule has 28 heavy (non-hydrogen) atoms. The predicted octanol–water partition coefficient (Wildman–Crippen LogP) is 3.13. The Morgan fingerprint density at radius 2 is 1.75 bits per heavy atom. The van der Waals surface area contributed by atoms with Gasteiger partial charge in [0.15, 0.2) is 5.78 Å². The van der Waals surface area contributed by atoms with Gasteiger partial charge in [-0.2, -0.15) is 0 Å². The molecule has 2 aromatic rings.